The summed E-state index contributed by atoms with van der Waals surface area (Å²) in [5, 5.41) is -0.537. The number of halogens is 2. The smallest absolute Gasteiger partial charge is 0.256 e. The van der Waals surface area contributed by atoms with Crippen LogP contribution in [0.5, 0.6) is 5.75 Å². The summed E-state index contributed by atoms with van der Waals surface area (Å²) < 4.78 is 6.04. The van der Waals surface area contributed by atoms with E-state index in [0.29, 0.717) is 17.9 Å². The van der Waals surface area contributed by atoms with E-state index in [-0.39, 0.29) is 0 Å². The lowest BCUT2D eigenvalue weighted by Gasteiger charge is -2.06. The van der Waals surface area contributed by atoms with Gasteiger partial charge in [-0.05, 0) is 29.8 Å². The molecule has 0 atom stereocenters. The fraction of sp³-hybridized carbons (Fsp3) is 0.100. The summed E-state index contributed by atoms with van der Waals surface area (Å²) in [7, 11) is 0. The Balaban J connectivity index is 3.01. The normalized spacial score (nSPS) is 9.57. The summed E-state index contributed by atoms with van der Waals surface area (Å²) in [6.45, 7) is 3.86. The number of ether oxygens (including phenoxy) is 1. The first-order valence-electron chi connectivity index (χ1n) is 3.88. The van der Waals surface area contributed by atoms with Crippen LogP contribution in [0.4, 0.5) is 0 Å². The van der Waals surface area contributed by atoms with Crippen molar-refractivity contribution in [2.75, 3.05) is 6.61 Å². The van der Waals surface area contributed by atoms with E-state index in [4.69, 9.17) is 16.3 Å². The third-order valence-corrected chi connectivity index (χ3v) is 2.21. The number of carbonyl (C=O) groups is 1. The largest absolute Gasteiger partial charge is 0.489 e. The maximum absolute atomic E-state index is 11.0. The summed E-state index contributed by atoms with van der Waals surface area (Å²) in [6.07, 6.45) is 1.60. The van der Waals surface area contributed by atoms with Crippen molar-refractivity contribution in [2.24, 2.45) is 0 Å². The molecule has 0 aliphatic rings. The Morgan fingerprint density at radius 1 is 1.64 bits per heavy atom. The highest BCUT2D eigenvalue weighted by molar-refractivity contribution is 9.10. The predicted octanol–water partition coefficient (Wildman–Crippen LogP) is 3.39. The number of hydrogen-bond acceptors (Lipinski definition) is 2. The first-order valence-corrected chi connectivity index (χ1v) is 5.05. The van der Waals surface area contributed by atoms with Gasteiger partial charge < -0.3 is 4.74 Å². The van der Waals surface area contributed by atoms with Crippen LogP contribution in [0.3, 0.4) is 0 Å². The van der Waals surface area contributed by atoms with E-state index >= 15 is 0 Å². The molecule has 0 aliphatic heterocycles. The number of rotatable bonds is 4. The van der Waals surface area contributed by atoms with E-state index in [0.717, 1.165) is 4.47 Å². The molecule has 2 nitrogen and oxygen atoms in total. The van der Waals surface area contributed by atoms with Crippen LogP contribution in [0.25, 0.3) is 0 Å². The second-order valence-electron chi connectivity index (χ2n) is 2.51. The van der Waals surface area contributed by atoms with Crippen molar-refractivity contribution < 1.29 is 9.53 Å². The van der Waals surface area contributed by atoms with Gasteiger partial charge >= 0.3 is 0 Å². The van der Waals surface area contributed by atoms with Crippen molar-refractivity contribution >= 4 is 32.8 Å². The Bertz CT molecular complexity index is 363. The molecule has 0 fully saturated rings. The van der Waals surface area contributed by atoms with E-state index in [2.05, 4.69) is 22.5 Å². The van der Waals surface area contributed by atoms with Crippen molar-refractivity contribution in [1.29, 1.82) is 0 Å². The molecule has 0 spiro atoms. The molecule has 14 heavy (non-hydrogen) atoms. The van der Waals surface area contributed by atoms with Gasteiger partial charge in [0.2, 0.25) is 0 Å². The first-order chi connectivity index (χ1) is 6.65. The van der Waals surface area contributed by atoms with Crippen molar-refractivity contribution in [2.45, 2.75) is 0 Å². The van der Waals surface area contributed by atoms with Crippen molar-refractivity contribution in [3.63, 3.8) is 0 Å². The van der Waals surface area contributed by atoms with Crippen LogP contribution in [-0.4, -0.2) is 11.8 Å². The topological polar surface area (TPSA) is 26.3 Å². The Morgan fingerprint density at radius 2 is 2.36 bits per heavy atom. The van der Waals surface area contributed by atoms with Crippen molar-refractivity contribution in [3.8, 4) is 5.75 Å². The zero-order chi connectivity index (χ0) is 10.6. The van der Waals surface area contributed by atoms with E-state index in [1.165, 1.54) is 0 Å². The Morgan fingerprint density at radius 3 is 2.93 bits per heavy atom. The highest BCUT2D eigenvalue weighted by Gasteiger charge is 2.10. The molecule has 0 radical (unpaired) electrons. The summed E-state index contributed by atoms with van der Waals surface area (Å²) in [5.41, 5.74) is 0.350. The van der Waals surface area contributed by atoms with Gasteiger partial charge in [0.25, 0.3) is 5.24 Å². The van der Waals surface area contributed by atoms with Gasteiger partial charge in [0.15, 0.2) is 0 Å². The van der Waals surface area contributed by atoms with Gasteiger partial charge in [-0.2, -0.15) is 0 Å². The fourth-order valence-corrected chi connectivity index (χ4v) is 1.44. The molecule has 1 rings (SSSR count). The molecule has 0 saturated carbocycles. The van der Waals surface area contributed by atoms with E-state index in [1.54, 1.807) is 24.3 Å². The maximum Gasteiger partial charge on any atom is 0.256 e. The number of hydrogen-bond donors (Lipinski definition) is 0. The molecule has 74 valence electrons. The molecule has 1 aromatic carbocycles. The first kappa shape index (κ1) is 11.3. The van der Waals surface area contributed by atoms with Gasteiger partial charge in [0.1, 0.15) is 12.4 Å². The van der Waals surface area contributed by atoms with Crippen LogP contribution in [0.1, 0.15) is 10.4 Å². The highest BCUT2D eigenvalue weighted by atomic mass is 79.9. The van der Waals surface area contributed by atoms with Crippen LogP contribution in [-0.2, 0) is 0 Å². The summed E-state index contributed by atoms with van der Waals surface area (Å²) in [6, 6.07) is 5.08. The minimum absolute atomic E-state index is 0.346. The lowest BCUT2D eigenvalue weighted by molar-refractivity contribution is 0.107. The highest BCUT2D eigenvalue weighted by Crippen LogP contribution is 2.24. The Kier molecular flexibility index (Phi) is 4.17. The quantitative estimate of drug-likeness (QED) is 0.622. The van der Waals surface area contributed by atoms with Crippen molar-refractivity contribution in [3.05, 3.63) is 40.9 Å². The van der Waals surface area contributed by atoms with Crippen LogP contribution in [0.15, 0.2) is 35.3 Å². The predicted molar refractivity (Wildman–Crippen MR) is 60.0 cm³/mol. The van der Waals surface area contributed by atoms with E-state index in [9.17, 15) is 4.79 Å². The Labute approximate surface area is 95.6 Å². The van der Waals surface area contributed by atoms with Crippen LogP contribution < -0.4 is 4.74 Å². The third-order valence-electron chi connectivity index (χ3n) is 1.51. The van der Waals surface area contributed by atoms with Crippen molar-refractivity contribution in [1.82, 2.24) is 0 Å². The van der Waals surface area contributed by atoms with Gasteiger partial charge in [-0.25, -0.2) is 0 Å². The molecular weight excluding hydrogens is 267 g/mol. The lowest BCUT2D eigenvalue weighted by atomic mass is 10.2. The fourth-order valence-electron chi connectivity index (χ4n) is 0.930. The zero-order valence-electron chi connectivity index (χ0n) is 7.30. The minimum atomic E-state index is -0.537. The minimum Gasteiger partial charge on any atom is -0.489 e. The molecule has 4 heteroatoms. The molecule has 0 unspecified atom stereocenters. The second kappa shape index (κ2) is 5.17. The lowest BCUT2D eigenvalue weighted by Crippen LogP contribution is -1.99. The molecule has 0 aliphatic carbocycles. The molecule has 0 aromatic heterocycles. The molecule has 0 amide bonds. The maximum atomic E-state index is 11.0. The van der Waals surface area contributed by atoms with Crippen LogP contribution >= 0.6 is 27.5 Å². The number of benzene rings is 1. The van der Waals surface area contributed by atoms with Gasteiger partial charge in [-0.3, -0.25) is 4.79 Å². The average molecular weight is 276 g/mol. The SMILES string of the molecule is C=CCOc1ccc(Br)cc1C(=O)Cl. The standard InChI is InChI=1S/C10H8BrClO2/c1-2-5-14-9-4-3-7(11)6-8(9)10(12)13/h2-4,6H,1,5H2. The van der Waals surface area contributed by atoms with Gasteiger partial charge in [0, 0.05) is 4.47 Å². The zero-order valence-corrected chi connectivity index (χ0v) is 9.64. The number of carbonyl (C=O) groups excluding carboxylic acids is 1. The van der Waals surface area contributed by atoms with Gasteiger partial charge in [-0.15, -0.1) is 0 Å². The summed E-state index contributed by atoms with van der Waals surface area (Å²) in [5.74, 6) is 0.466. The van der Waals surface area contributed by atoms with E-state index in [1.807, 2.05) is 0 Å². The van der Waals surface area contributed by atoms with Gasteiger partial charge in [0.05, 0.1) is 5.56 Å². The third kappa shape index (κ3) is 2.86. The summed E-state index contributed by atoms with van der Waals surface area (Å²) >= 11 is 8.64. The second-order valence-corrected chi connectivity index (χ2v) is 3.77. The molecular formula is C10H8BrClO2. The Hall–Kier alpha value is -0.800. The average Bonchev–Trinajstić information content (AvgIpc) is 2.15. The molecule has 1 aromatic rings. The van der Waals surface area contributed by atoms with Crippen LogP contribution in [0.2, 0.25) is 0 Å². The van der Waals surface area contributed by atoms with E-state index < -0.39 is 5.24 Å². The molecule has 0 saturated heterocycles. The molecule has 0 heterocycles. The monoisotopic (exact) mass is 274 g/mol. The van der Waals surface area contributed by atoms with Crippen LogP contribution in [0, 0.1) is 0 Å². The van der Waals surface area contributed by atoms with Gasteiger partial charge in [-0.1, -0.05) is 28.6 Å². The molecule has 0 N–H and O–H groups in total. The summed E-state index contributed by atoms with van der Waals surface area (Å²) in [4.78, 5) is 11.0. The molecule has 0 bridgehead atoms.